The number of halogens is 3. The Hall–Kier alpha value is -4.24. The van der Waals surface area contributed by atoms with Crippen LogP contribution in [0, 0.1) is 0 Å². The minimum atomic E-state index is -1.39. The van der Waals surface area contributed by atoms with Crippen molar-refractivity contribution in [3.8, 4) is 23.0 Å². The van der Waals surface area contributed by atoms with E-state index in [1.807, 2.05) is 0 Å². The first-order chi connectivity index (χ1) is 19.3. The third kappa shape index (κ3) is 8.13. The number of esters is 1. The molecule has 1 N–H and O–H groups in total. The van der Waals surface area contributed by atoms with E-state index in [1.54, 1.807) is 91.0 Å². The van der Waals surface area contributed by atoms with Gasteiger partial charge in [-0.2, -0.15) is 5.10 Å². The van der Waals surface area contributed by atoms with E-state index >= 15 is 0 Å². The van der Waals surface area contributed by atoms with Crippen molar-refractivity contribution in [3.05, 3.63) is 117 Å². The summed E-state index contributed by atoms with van der Waals surface area (Å²) in [4.78, 5) is 25.4. The van der Waals surface area contributed by atoms with Crippen LogP contribution < -0.4 is 24.4 Å². The Labute approximate surface area is 245 Å². The second-order valence-electron chi connectivity index (χ2n) is 8.02. The van der Waals surface area contributed by atoms with Gasteiger partial charge in [0, 0.05) is 15.1 Å². The van der Waals surface area contributed by atoms with Crippen molar-refractivity contribution in [2.45, 2.75) is 6.29 Å². The number of nitrogens with one attached hydrogen (secondary N) is 1. The van der Waals surface area contributed by atoms with Crippen LogP contribution in [0.5, 0.6) is 23.0 Å². The van der Waals surface area contributed by atoms with Crippen molar-refractivity contribution < 1.29 is 28.5 Å². The molecule has 0 saturated heterocycles. The number of benzene rings is 4. The Balaban J connectivity index is 1.43. The van der Waals surface area contributed by atoms with Crippen molar-refractivity contribution in [1.82, 2.24) is 5.43 Å². The number of amides is 1. The highest BCUT2D eigenvalue weighted by molar-refractivity contribution is 6.31. The zero-order valence-corrected chi connectivity index (χ0v) is 23.1. The number of carbonyl (C=O) groups is 2. The molecule has 11 heteroatoms. The highest BCUT2D eigenvalue weighted by atomic mass is 35.5. The molecule has 0 heterocycles. The van der Waals surface area contributed by atoms with Gasteiger partial charge in [-0.3, -0.25) is 4.79 Å². The first-order valence-corrected chi connectivity index (χ1v) is 12.8. The van der Waals surface area contributed by atoms with E-state index in [9.17, 15) is 9.59 Å². The predicted molar refractivity (Wildman–Crippen MR) is 153 cm³/mol. The SMILES string of the molecule is COc1cc(/C=N\NC(=O)C(Oc2ccc(Cl)cc2)Oc2ccc(Cl)cc2)ccc1OC(=O)c1ccc(Cl)cc1. The average Bonchev–Trinajstić information content (AvgIpc) is 2.96. The molecule has 0 bridgehead atoms. The lowest BCUT2D eigenvalue weighted by atomic mass is 10.2. The lowest BCUT2D eigenvalue weighted by molar-refractivity contribution is -0.140. The summed E-state index contributed by atoms with van der Waals surface area (Å²) in [5.74, 6) is -0.0475. The van der Waals surface area contributed by atoms with Crippen LogP contribution in [-0.4, -0.2) is 31.5 Å². The summed E-state index contributed by atoms with van der Waals surface area (Å²) in [5, 5.41) is 5.52. The maximum atomic E-state index is 12.9. The minimum Gasteiger partial charge on any atom is -0.493 e. The summed E-state index contributed by atoms with van der Waals surface area (Å²) in [6, 6.07) is 24.0. The number of hydrogen-bond acceptors (Lipinski definition) is 7. The molecule has 0 aliphatic rings. The van der Waals surface area contributed by atoms with Gasteiger partial charge in [-0.25, -0.2) is 10.2 Å². The Morgan fingerprint density at radius 3 is 1.80 bits per heavy atom. The molecule has 4 aromatic rings. The first-order valence-electron chi connectivity index (χ1n) is 11.6. The molecule has 0 aliphatic heterocycles. The maximum Gasteiger partial charge on any atom is 0.343 e. The van der Waals surface area contributed by atoms with Gasteiger partial charge in [-0.15, -0.1) is 0 Å². The summed E-state index contributed by atoms with van der Waals surface area (Å²) < 4.78 is 22.2. The second kappa shape index (κ2) is 13.7. The van der Waals surface area contributed by atoms with E-state index in [1.165, 1.54) is 13.3 Å². The number of rotatable bonds is 10. The van der Waals surface area contributed by atoms with Crippen LogP contribution in [0.25, 0.3) is 0 Å². The van der Waals surface area contributed by atoms with Gasteiger partial charge in [0.2, 0.25) is 0 Å². The number of hydrogen-bond donors (Lipinski definition) is 1. The highest BCUT2D eigenvalue weighted by Gasteiger charge is 2.23. The normalized spacial score (nSPS) is 10.8. The molecule has 0 radical (unpaired) electrons. The van der Waals surface area contributed by atoms with Crippen molar-refractivity contribution in [1.29, 1.82) is 0 Å². The van der Waals surface area contributed by atoms with E-state index in [-0.39, 0.29) is 11.5 Å². The third-order valence-electron chi connectivity index (χ3n) is 5.19. The summed E-state index contributed by atoms with van der Waals surface area (Å²) in [7, 11) is 1.43. The highest BCUT2D eigenvalue weighted by Crippen LogP contribution is 2.28. The molecule has 204 valence electrons. The number of hydrazone groups is 1. The topological polar surface area (TPSA) is 95.5 Å². The van der Waals surface area contributed by atoms with Crippen molar-refractivity contribution in [3.63, 3.8) is 0 Å². The first kappa shape index (κ1) is 28.8. The second-order valence-corrected chi connectivity index (χ2v) is 9.33. The quantitative estimate of drug-likeness (QED) is 0.0708. The molecule has 0 fully saturated rings. The molecular weight excluding hydrogens is 579 g/mol. The molecular formula is C29H21Cl3N2O6. The molecule has 0 unspecified atom stereocenters. The maximum absolute atomic E-state index is 12.9. The van der Waals surface area contributed by atoms with Gasteiger partial charge in [0.05, 0.1) is 18.9 Å². The molecule has 4 aromatic carbocycles. The summed E-state index contributed by atoms with van der Waals surface area (Å²) >= 11 is 17.7. The van der Waals surface area contributed by atoms with Gasteiger partial charge in [-0.05, 0) is 96.6 Å². The number of ether oxygens (including phenoxy) is 4. The number of nitrogens with zero attached hydrogens (tertiary/aromatic N) is 1. The van der Waals surface area contributed by atoms with Gasteiger partial charge in [0.15, 0.2) is 11.5 Å². The van der Waals surface area contributed by atoms with E-state index in [4.69, 9.17) is 53.8 Å². The molecule has 0 spiro atoms. The van der Waals surface area contributed by atoms with Gasteiger partial charge in [0.1, 0.15) is 11.5 Å². The zero-order valence-electron chi connectivity index (χ0n) is 20.8. The number of methoxy groups -OCH3 is 1. The van der Waals surface area contributed by atoms with Gasteiger partial charge >= 0.3 is 18.2 Å². The summed E-state index contributed by atoms with van der Waals surface area (Å²) in [6.45, 7) is 0. The molecule has 0 aromatic heterocycles. The molecule has 8 nitrogen and oxygen atoms in total. The lowest BCUT2D eigenvalue weighted by Crippen LogP contribution is -2.40. The zero-order chi connectivity index (χ0) is 28.5. The largest absolute Gasteiger partial charge is 0.493 e. The smallest absolute Gasteiger partial charge is 0.343 e. The monoisotopic (exact) mass is 598 g/mol. The van der Waals surface area contributed by atoms with Crippen LogP contribution in [0.1, 0.15) is 15.9 Å². The van der Waals surface area contributed by atoms with Crippen LogP contribution in [-0.2, 0) is 4.79 Å². The van der Waals surface area contributed by atoms with Crippen LogP contribution in [0.15, 0.2) is 96.1 Å². The molecule has 40 heavy (non-hydrogen) atoms. The van der Waals surface area contributed by atoms with Crippen LogP contribution in [0.2, 0.25) is 15.1 Å². The Morgan fingerprint density at radius 2 is 1.27 bits per heavy atom. The van der Waals surface area contributed by atoms with Gasteiger partial charge in [0.25, 0.3) is 0 Å². The van der Waals surface area contributed by atoms with Crippen molar-refractivity contribution in [2.75, 3.05) is 7.11 Å². The van der Waals surface area contributed by atoms with E-state index < -0.39 is 18.2 Å². The van der Waals surface area contributed by atoms with Crippen LogP contribution in [0.4, 0.5) is 0 Å². The van der Waals surface area contributed by atoms with Crippen LogP contribution in [0.3, 0.4) is 0 Å². The third-order valence-corrected chi connectivity index (χ3v) is 5.94. The van der Waals surface area contributed by atoms with E-state index in [2.05, 4.69) is 10.5 Å². The predicted octanol–water partition coefficient (Wildman–Crippen LogP) is 6.81. The molecule has 4 rings (SSSR count). The van der Waals surface area contributed by atoms with E-state index in [0.717, 1.165) is 0 Å². The Morgan fingerprint density at radius 1 is 0.750 bits per heavy atom. The molecule has 1 amide bonds. The Kier molecular flexibility index (Phi) is 9.86. The average molecular weight is 600 g/mol. The fourth-order valence-electron chi connectivity index (χ4n) is 3.22. The minimum absolute atomic E-state index is 0.205. The lowest BCUT2D eigenvalue weighted by Gasteiger charge is -2.19. The Bertz CT molecular complexity index is 1450. The van der Waals surface area contributed by atoms with E-state index in [0.29, 0.717) is 37.7 Å². The molecule has 0 atom stereocenters. The summed E-state index contributed by atoms with van der Waals surface area (Å²) in [6.07, 6.45) is -0.00367. The van der Waals surface area contributed by atoms with Crippen molar-refractivity contribution >= 4 is 52.9 Å². The molecule has 0 aliphatic carbocycles. The van der Waals surface area contributed by atoms with Gasteiger partial charge < -0.3 is 18.9 Å². The molecule has 0 saturated carbocycles. The van der Waals surface area contributed by atoms with Crippen molar-refractivity contribution in [2.24, 2.45) is 5.10 Å². The van der Waals surface area contributed by atoms with Crippen LogP contribution >= 0.6 is 34.8 Å². The fraction of sp³-hybridized carbons (Fsp3) is 0.0690. The fourth-order valence-corrected chi connectivity index (χ4v) is 3.60. The van der Waals surface area contributed by atoms with Gasteiger partial charge in [-0.1, -0.05) is 34.8 Å². The standard InChI is InChI=1S/C29H21Cl3N2O6/c1-37-26-16-18(2-15-25(26)40-28(36)19-3-5-20(30)6-4-19)17-33-34-27(35)29(38-23-11-7-21(31)8-12-23)39-24-13-9-22(32)10-14-24/h2-17,29H,1H3,(H,34,35)/b33-17-. The summed E-state index contributed by atoms with van der Waals surface area (Å²) in [5.41, 5.74) is 3.28. The number of carbonyl (C=O) groups excluding carboxylic acids is 2.